The first kappa shape index (κ1) is 22.5. The molecule has 0 aromatic carbocycles. The molecule has 0 rings (SSSR count). The van der Waals surface area contributed by atoms with Gasteiger partial charge in [0.05, 0.1) is 0 Å². The zero-order valence-electron chi connectivity index (χ0n) is 2.69. The molecule has 0 fully saturated rings. The number of thiol groups is 2. The fourth-order valence-electron chi connectivity index (χ4n) is 0. The second-order valence-corrected chi connectivity index (χ2v) is 4.02. The molecule has 54 valence electrons. The Labute approximate surface area is 91.8 Å². The third-order valence-corrected chi connectivity index (χ3v) is 2.70. The van der Waals surface area contributed by atoms with Crippen LogP contribution in [-0.2, 0) is 50.0 Å². The molecule has 0 spiro atoms. The maximum atomic E-state index is 3.72. The minimum Gasteiger partial charge on any atom is -0.0989 e. The molecule has 0 saturated carbocycles. The SMILES string of the molecule is SSSS.[Co].[Co].[Ni]. The fourth-order valence-corrected chi connectivity index (χ4v) is 0. The zero-order valence-corrected chi connectivity index (χ0v) is 9.19. The van der Waals surface area contributed by atoms with Gasteiger partial charge < -0.3 is 0 Å². The Hall–Kier alpha value is 2.91. The summed E-state index contributed by atoms with van der Waals surface area (Å²) in [6.45, 7) is 0. The average Bonchev–Trinajstić information content (AvgIpc) is 1.37. The number of rotatable bonds is 1. The zero-order chi connectivity index (χ0) is 3.41. The van der Waals surface area contributed by atoms with E-state index in [9.17, 15) is 0 Å². The normalized spacial score (nSPS) is 4.29. The molecule has 2 radical (unpaired) electrons. The minimum atomic E-state index is 0. The third-order valence-electron chi connectivity index (χ3n) is 0.0333. The summed E-state index contributed by atoms with van der Waals surface area (Å²) in [5.74, 6) is 0. The van der Waals surface area contributed by atoms with Crippen molar-refractivity contribution in [2.45, 2.75) is 0 Å². The molecule has 0 aliphatic rings. The van der Waals surface area contributed by atoms with Crippen LogP contribution in [0.15, 0.2) is 0 Å². The summed E-state index contributed by atoms with van der Waals surface area (Å²) in [4.78, 5) is 0. The Bertz CT molecular complexity index is 11.7. The Morgan fingerprint density at radius 2 is 1.00 bits per heavy atom. The second kappa shape index (κ2) is 23.1. The molecule has 0 aromatic rings. The largest absolute Gasteiger partial charge is 0.0989 e. The van der Waals surface area contributed by atoms with E-state index < -0.39 is 0 Å². The van der Waals surface area contributed by atoms with Crippen molar-refractivity contribution in [1.82, 2.24) is 0 Å². The van der Waals surface area contributed by atoms with Crippen molar-refractivity contribution in [3.63, 3.8) is 0 Å². The monoisotopic (exact) mass is 306 g/mol. The summed E-state index contributed by atoms with van der Waals surface area (Å²) in [6, 6.07) is 0. The predicted octanol–water partition coefficient (Wildman–Crippen LogP) is 2.05. The molecule has 0 N–H and O–H groups in total. The average molecular weight is 307 g/mol. The molecule has 7 heteroatoms. The van der Waals surface area contributed by atoms with Gasteiger partial charge in [-0.05, 0) is 19.7 Å². The molecule has 0 unspecified atom stereocenters. The van der Waals surface area contributed by atoms with Crippen LogP contribution in [0, 0.1) is 0 Å². The van der Waals surface area contributed by atoms with Crippen LogP contribution in [0.4, 0.5) is 0 Å². The van der Waals surface area contributed by atoms with Gasteiger partial charge in [-0.1, -0.05) is 23.3 Å². The Morgan fingerprint density at radius 1 is 0.857 bits per heavy atom. The van der Waals surface area contributed by atoms with E-state index in [1.54, 1.807) is 0 Å². The molecule has 0 atom stereocenters. The topological polar surface area (TPSA) is 0 Å². The van der Waals surface area contributed by atoms with Crippen molar-refractivity contribution in [3.05, 3.63) is 0 Å². The molecule has 0 aliphatic heterocycles. The van der Waals surface area contributed by atoms with Crippen LogP contribution in [0.25, 0.3) is 0 Å². The van der Waals surface area contributed by atoms with E-state index in [0.29, 0.717) is 0 Å². The van der Waals surface area contributed by atoms with Gasteiger partial charge in [0.2, 0.25) is 0 Å². The van der Waals surface area contributed by atoms with Gasteiger partial charge in [0, 0.05) is 50.0 Å². The van der Waals surface area contributed by atoms with Gasteiger partial charge in [-0.25, -0.2) is 0 Å². The summed E-state index contributed by atoms with van der Waals surface area (Å²) < 4.78 is 0. The molecule has 0 aliphatic carbocycles. The van der Waals surface area contributed by atoms with Crippen LogP contribution in [0.3, 0.4) is 0 Å². The summed E-state index contributed by atoms with van der Waals surface area (Å²) >= 11 is 7.45. The predicted molar refractivity (Wildman–Crippen MR) is 33.2 cm³/mol. The van der Waals surface area contributed by atoms with Crippen LogP contribution in [0.5, 0.6) is 0 Å². The van der Waals surface area contributed by atoms with E-state index in [2.05, 4.69) is 23.3 Å². The van der Waals surface area contributed by atoms with Crippen LogP contribution in [-0.4, -0.2) is 0 Å². The van der Waals surface area contributed by atoms with E-state index in [1.165, 1.54) is 19.7 Å². The Kier molecular flexibility index (Phi) is 74.4. The molecule has 0 amide bonds. The van der Waals surface area contributed by atoms with Gasteiger partial charge in [-0.2, -0.15) is 0 Å². The van der Waals surface area contributed by atoms with Crippen LogP contribution in [0.1, 0.15) is 0 Å². The van der Waals surface area contributed by atoms with Crippen LogP contribution < -0.4 is 0 Å². The van der Waals surface area contributed by atoms with Crippen LogP contribution >= 0.6 is 43.0 Å². The van der Waals surface area contributed by atoms with Crippen molar-refractivity contribution < 1.29 is 50.0 Å². The van der Waals surface area contributed by atoms with E-state index in [4.69, 9.17) is 0 Å². The van der Waals surface area contributed by atoms with Crippen LogP contribution in [0.2, 0.25) is 0 Å². The summed E-state index contributed by atoms with van der Waals surface area (Å²) in [5.41, 5.74) is 0. The van der Waals surface area contributed by atoms with E-state index in [-0.39, 0.29) is 50.0 Å². The number of hydrogen-bond donors (Lipinski definition) is 2. The maximum absolute atomic E-state index is 3.72. The quantitative estimate of drug-likeness (QED) is 0.432. The summed E-state index contributed by atoms with van der Waals surface area (Å²) in [7, 11) is 2.66. The van der Waals surface area contributed by atoms with Gasteiger partial charge in [0.15, 0.2) is 0 Å². The molecular formula is H2Co2NiS4. The maximum Gasteiger partial charge on any atom is 0 e. The van der Waals surface area contributed by atoms with E-state index >= 15 is 0 Å². The Balaban J connectivity index is -0.0000000150. The first-order chi connectivity index (χ1) is 1.91. The molecule has 0 nitrogen and oxygen atoms in total. The smallest absolute Gasteiger partial charge is 0 e. The molecular weight excluding hydrogens is 305 g/mol. The third kappa shape index (κ3) is 27.8. The van der Waals surface area contributed by atoms with Gasteiger partial charge >= 0.3 is 0 Å². The molecule has 0 saturated heterocycles. The van der Waals surface area contributed by atoms with Gasteiger partial charge in [-0.3, -0.25) is 0 Å². The van der Waals surface area contributed by atoms with Crippen molar-refractivity contribution >= 4 is 43.0 Å². The van der Waals surface area contributed by atoms with Crippen molar-refractivity contribution in [3.8, 4) is 0 Å². The van der Waals surface area contributed by atoms with Gasteiger partial charge in [-0.15, -0.1) is 0 Å². The molecule has 0 heterocycles. The standard InChI is InChI=1S/2Co.Ni.H2S4/c;;;1-3-4-2/h;;;1-2H. The fraction of sp³-hybridized carbons (Fsp3) is 0. The second-order valence-electron chi connectivity index (χ2n) is 0.149. The number of hydrogen-bond acceptors (Lipinski definition) is 4. The van der Waals surface area contributed by atoms with Crippen molar-refractivity contribution in [2.75, 3.05) is 0 Å². The molecule has 0 bridgehead atoms. The van der Waals surface area contributed by atoms with Gasteiger partial charge in [0.1, 0.15) is 0 Å². The van der Waals surface area contributed by atoms with E-state index in [0.717, 1.165) is 0 Å². The summed E-state index contributed by atoms with van der Waals surface area (Å²) in [5, 5.41) is 0. The minimum absolute atomic E-state index is 0. The first-order valence-electron chi connectivity index (χ1n) is 0.532. The molecule has 7 heavy (non-hydrogen) atoms. The van der Waals surface area contributed by atoms with E-state index in [1.807, 2.05) is 0 Å². The first-order valence-corrected chi connectivity index (χ1v) is 4.79. The van der Waals surface area contributed by atoms with Crippen molar-refractivity contribution in [1.29, 1.82) is 0 Å². The van der Waals surface area contributed by atoms with Gasteiger partial charge in [0.25, 0.3) is 0 Å². The summed E-state index contributed by atoms with van der Waals surface area (Å²) in [6.07, 6.45) is 0. The Morgan fingerprint density at radius 3 is 1.00 bits per heavy atom. The van der Waals surface area contributed by atoms with Crippen molar-refractivity contribution in [2.24, 2.45) is 0 Å². The molecule has 0 aromatic heterocycles.